The molecule has 0 aliphatic rings. The minimum atomic E-state index is -0.968. The Balaban J connectivity index is 3.37. The van der Waals surface area contributed by atoms with Crippen molar-refractivity contribution in [2.75, 3.05) is 0 Å². The van der Waals surface area contributed by atoms with E-state index in [1.165, 1.54) is 18.5 Å². The SMILES string of the molecule is C=C[Si](C)(C)CCC[SiH2]C(I)I. The Hall–Kier alpha value is 1.63. The van der Waals surface area contributed by atoms with Gasteiger partial charge in [-0.2, -0.15) is 0 Å². The lowest BCUT2D eigenvalue weighted by Crippen LogP contribution is -2.21. The predicted octanol–water partition coefficient (Wildman–Crippen LogP) is 3.55. The van der Waals surface area contributed by atoms with E-state index in [-0.39, 0.29) is 9.52 Å². The minimum Gasteiger partial charge on any atom is -0.107 e. The van der Waals surface area contributed by atoms with Crippen molar-refractivity contribution in [1.29, 1.82) is 0 Å². The van der Waals surface area contributed by atoms with Crippen molar-refractivity contribution in [3.8, 4) is 0 Å². The van der Waals surface area contributed by atoms with Crippen LogP contribution in [-0.2, 0) is 0 Å². The summed E-state index contributed by atoms with van der Waals surface area (Å²) in [5.41, 5.74) is 2.22. The largest absolute Gasteiger partial charge is 0.107 e. The first kappa shape index (κ1) is 13.6. The van der Waals surface area contributed by atoms with Gasteiger partial charge in [0, 0.05) is 11.1 Å². The van der Waals surface area contributed by atoms with Crippen LogP contribution in [0.4, 0.5) is 0 Å². The van der Waals surface area contributed by atoms with Gasteiger partial charge in [0.2, 0.25) is 0 Å². The van der Waals surface area contributed by atoms with Crippen LogP contribution in [0.25, 0.3) is 0 Å². The fourth-order valence-corrected chi connectivity index (χ4v) is 6.34. The fourth-order valence-electron chi connectivity index (χ4n) is 0.981. The number of hydrogen-bond acceptors (Lipinski definition) is 0. The van der Waals surface area contributed by atoms with E-state index < -0.39 is 8.07 Å². The molecule has 0 fully saturated rings. The van der Waals surface area contributed by atoms with Crippen LogP contribution in [0.3, 0.4) is 0 Å². The lowest BCUT2D eigenvalue weighted by atomic mass is 10.6. The van der Waals surface area contributed by atoms with E-state index >= 15 is 0 Å². The summed E-state index contributed by atoms with van der Waals surface area (Å²) >= 11 is 5.10. The topological polar surface area (TPSA) is 0 Å². The molecule has 0 spiro atoms. The summed E-state index contributed by atoms with van der Waals surface area (Å²) in [4.78, 5) is 0. The second-order valence-corrected chi connectivity index (χ2v) is 19.5. The second-order valence-electron chi connectivity index (χ2n) is 3.83. The molecule has 72 valence electrons. The van der Waals surface area contributed by atoms with Gasteiger partial charge in [-0.1, -0.05) is 76.8 Å². The summed E-state index contributed by atoms with van der Waals surface area (Å²) in [5, 5.41) is 0. The van der Waals surface area contributed by atoms with Gasteiger partial charge < -0.3 is 0 Å². The molecule has 0 atom stereocenters. The van der Waals surface area contributed by atoms with Crippen LogP contribution in [0.5, 0.6) is 0 Å². The first-order chi connectivity index (χ1) is 5.48. The van der Waals surface area contributed by atoms with E-state index in [0.29, 0.717) is 0 Å². The standard InChI is InChI=1S/C8H18I2Si2/c1-4-12(2,3)7-5-6-11-8(9)10/h4,8H,1,5-7,11H2,2-3H3. The van der Waals surface area contributed by atoms with Gasteiger partial charge in [0.1, 0.15) is 0 Å². The second kappa shape index (κ2) is 7.00. The van der Waals surface area contributed by atoms with Crippen molar-refractivity contribution in [1.82, 2.24) is 0 Å². The highest BCUT2D eigenvalue weighted by Crippen LogP contribution is 2.16. The van der Waals surface area contributed by atoms with Gasteiger partial charge in [-0.25, -0.2) is 0 Å². The zero-order valence-electron chi connectivity index (χ0n) is 7.95. The highest BCUT2D eigenvalue weighted by molar-refractivity contribution is 14.2. The van der Waals surface area contributed by atoms with Crippen LogP contribution in [0, 0.1) is 0 Å². The normalized spacial score (nSPS) is 13.1. The number of hydrogen-bond donors (Lipinski definition) is 0. The molecule has 0 aromatic heterocycles. The van der Waals surface area contributed by atoms with Gasteiger partial charge in [0.05, 0.1) is 8.07 Å². The highest BCUT2D eigenvalue weighted by atomic mass is 127. The summed E-state index contributed by atoms with van der Waals surface area (Å²) in [5.74, 6) is 0. The van der Waals surface area contributed by atoms with Gasteiger partial charge in [-0.05, 0) is 0 Å². The summed E-state index contributed by atoms with van der Waals surface area (Å²) in [6.07, 6.45) is 1.46. The molecule has 0 heterocycles. The molecule has 0 saturated carbocycles. The van der Waals surface area contributed by atoms with Gasteiger partial charge >= 0.3 is 0 Å². The Labute approximate surface area is 107 Å². The van der Waals surface area contributed by atoms with Gasteiger partial charge in [-0.15, -0.1) is 12.3 Å². The van der Waals surface area contributed by atoms with E-state index in [1.807, 2.05) is 0 Å². The molecule has 0 aromatic rings. The van der Waals surface area contributed by atoms with E-state index in [0.717, 1.165) is 1.55 Å². The van der Waals surface area contributed by atoms with Crippen LogP contribution in [0.15, 0.2) is 12.3 Å². The number of halogens is 2. The van der Waals surface area contributed by atoms with E-state index in [1.54, 1.807) is 0 Å². The molecule has 0 aliphatic carbocycles. The minimum absolute atomic E-state index is 0.231. The lowest BCUT2D eigenvalue weighted by Gasteiger charge is -2.16. The maximum atomic E-state index is 3.92. The Morgan fingerprint density at radius 1 is 1.50 bits per heavy atom. The van der Waals surface area contributed by atoms with Gasteiger partial charge in [0.15, 0.2) is 0 Å². The monoisotopic (exact) mass is 424 g/mol. The molecular weight excluding hydrogens is 406 g/mol. The molecule has 0 radical (unpaired) electrons. The summed E-state index contributed by atoms with van der Waals surface area (Å²) in [7, 11) is -0.737. The number of rotatable bonds is 6. The molecule has 4 heteroatoms. The Kier molecular flexibility index (Phi) is 7.95. The Morgan fingerprint density at radius 3 is 2.50 bits per heavy atom. The molecule has 12 heavy (non-hydrogen) atoms. The highest BCUT2D eigenvalue weighted by Gasteiger charge is 2.14. The summed E-state index contributed by atoms with van der Waals surface area (Å²) in [6.45, 7) is 8.74. The first-order valence-electron chi connectivity index (χ1n) is 4.40. The third-order valence-corrected chi connectivity index (χ3v) is 9.88. The van der Waals surface area contributed by atoms with E-state index in [2.05, 4.69) is 70.6 Å². The molecule has 0 aliphatic heterocycles. The average Bonchev–Trinajstić information content (AvgIpc) is 1.98. The van der Waals surface area contributed by atoms with Crippen LogP contribution in [0.2, 0.25) is 25.2 Å². The third-order valence-electron chi connectivity index (χ3n) is 2.05. The Morgan fingerprint density at radius 2 is 2.08 bits per heavy atom. The quantitative estimate of drug-likeness (QED) is 0.265. The maximum Gasteiger partial charge on any atom is 0.0709 e. The van der Waals surface area contributed by atoms with E-state index in [9.17, 15) is 0 Å². The molecule has 0 saturated heterocycles. The zero-order valence-corrected chi connectivity index (χ0v) is 14.7. The van der Waals surface area contributed by atoms with Crippen molar-refractivity contribution >= 4 is 62.8 Å². The smallest absolute Gasteiger partial charge is 0.0709 e. The molecular formula is C8H18I2Si2. The summed E-state index contributed by atoms with van der Waals surface area (Å²) in [6, 6.07) is 2.98. The molecule has 0 bridgehead atoms. The summed E-state index contributed by atoms with van der Waals surface area (Å²) < 4.78 is 0.953. The fraction of sp³-hybridized carbons (Fsp3) is 0.750. The first-order valence-corrected chi connectivity index (χ1v) is 12.0. The van der Waals surface area contributed by atoms with Crippen molar-refractivity contribution < 1.29 is 0 Å². The average molecular weight is 424 g/mol. The molecule has 0 N–H and O–H groups in total. The molecule has 0 nitrogen and oxygen atoms in total. The van der Waals surface area contributed by atoms with Crippen molar-refractivity contribution in [2.24, 2.45) is 0 Å². The number of alkyl halides is 2. The third kappa shape index (κ3) is 8.24. The molecule has 0 aromatic carbocycles. The van der Waals surface area contributed by atoms with E-state index in [4.69, 9.17) is 0 Å². The van der Waals surface area contributed by atoms with Crippen molar-refractivity contribution in [3.05, 3.63) is 12.3 Å². The molecule has 0 amide bonds. The lowest BCUT2D eigenvalue weighted by molar-refractivity contribution is 1.04. The van der Waals surface area contributed by atoms with Crippen molar-refractivity contribution in [3.63, 3.8) is 0 Å². The van der Waals surface area contributed by atoms with Gasteiger partial charge in [0.25, 0.3) is 0 Å². The molecule has 0 unspecified atom stereocenters. The Bertz CT molecular complexity index is 135. The van der Waals surface area contributed by atoms with Crippen LogP contribution < -0.4 is 0 Å². The predicted molar refractivity (Wildman–Crippen MR) is 82.3 cm³/mol. The van der Waals surface area contributed by atoms with Crippen LogP contribution in [-0.4, -0.2) is 19.1 Å². The van der Waals surface area contributed by atoms with Gasteiger partial charge in [-0.3, -0.25) is 0 Å². The van der Waals surface area contributed by atoms with Crippen molar-refractivity contribution in [2.45, 2.75) is 33.2 Å². The maximum absolute atomic E-state index is 3.92. The van der Waals surface area contributed by atoms with Crippen LogP contribution in [0.1, 0.15) is 6.42 Å². The van der Waals surface area contributed by atoms with Crippen LogP contribution >= 0.6 is 45.2 Å². The molecule has 0 rings (SSSR count). The zero-order chi connectivity index (χ0) is 9.61.